The molecule has 1 saturated heterocycles. The van der Waals surface area contributed by atoms with Crippen molar-refractivity contribution in [2.75, 3.05) is 5.32 Å². The third-order valence-electron chi connectivity index (χ3n) is 4.51. The van der Waals surface area contributed by atoms with Crippen LogP contribution in [0.15, 0.2) is 42.4 Å². The normalized spacial score (nSPS) is 18.7. The first-order valence-corrected chi connectivity index (χ1v) is 8.51. The summed E-state index contributed by atoms with van der Waals surface area (Å²) < 4.78 is 3.67. The van der Waals surface area contributed by atoms with Crippen LogP contribution >= 0.6 is 0 Å². The van der Waals surface area contributed by atoms with Crippen LogP contribution < -0.4 is 10.6 Å². The highest BCUT2D eigenvalue weighted by atomic mass is 16.2. The Morgan fingerprint density at radius 2 is 2.04 bits per heavy atom. The lowest BCUT2D eigenvalue weighted by Crippen LogP contribution is -2.19. The SMILES string of the molecule is O=C1C/C(=C\c2cnn3c(NC4CC4)cc(-n4cccc4)nc23)C(=O)N1. The number of rotatable bonds is 4. The zero-order chi connectivity index (χ0) is 17.7. The fourth-order valence-corrected chi connectivity index (χ4v) is 3.04. The summed E-state index contributed by atoms with van der Waals surface area (Å²) in [6.45, 7) is 0. The lowest BCUT2D eigenvalue weighted by atomic mass is 10.1. The van der Waals surface area contributed by atoms with Crippen LogP contribution in [-0.2, 0) is 9.59 Å². The summed E-state index contributed by atoms with van der Waals surface area (Å²) in [5.74, 6) is 0.984. The van der Waals surface area contributed by atoms with Gasteiger partial charge >= 0.3 is 0 Å². The molecule has 3 aromatic heterocycles. The molecule has 0 atom stereocenters. The van der Waals surface area contributed by atoms with Gasteiger partial charge in [-0.1, -0.05) is 0 Å². The predicted octanol–water partition coefficient (Wildman–Crippen LogP) is 1.52. The van der Waals surface area contributed by atoms with Gasteiger partial charge < -0.3 is 9.88 Å². The lowest BCUT2D eigenvalue weighted by molar-refractivity contribution is -0.124. The summed E-state index contributed by atoms with van der Waals surface area (Å²) in [7, 11) is 0. The molecule has 5 rings (SSSR count). The Balaban J connectivity index is 1.65. The van der Waals surface area contributed by atoms with E-state index in [0.717, 1.165) is 24.5 Å². The molecule has 0 bridgehead atoms. The molecule has 2 amide bonds. The van der Waals surface area contributed by atoms with E-state index in [1.54, 1.807) is 16.8 Å². The van der Waals surface area contributed by atoms with Gasteiger partial charge in [-0.15, -0.1) is 0 Å². The van der Waals surface area contributed by atoms with Gasteiger partial charge in [0.2, 0.25) is 5.91 Å². The number of hydrogen-bond acceptors (Lipinski definition) is 5. The maximum atomic E-state index is 11.9. The Labute approximate surface area is 148 Å². The van der Waals surface area contributed by atoms with E-state index in [-0.39, 0.29) is 18.2 Å². The van der Waals surface area contributed by atoms with Gasteiger partial charge in [-0.05, 0) is 31.1 Å². The number of hydrogen-bond donors (Lipinski definition) is 2. The second-order valence-corrected chi connectivity index (χ2v) is 6.57. The van der Waals surface area contributed by atoms with Gasteiger partial charge in [0, 0.05) is 35.6 Å². The summed E-state index contributed by atoms with van der Waals surface area (Å²) in [6, 6.07) is 6.30. The molecule has 2 fully saturated rings. The summed E-state index contributed by atoms with van der Waals surface area (Å²) in [5.41, 5.74) is 1.77. The average molecular weight is 348 g/mol. The number of carbonyl (C=O) groups is 2. The smallest absolute Gasteiger partial charge is 0.254 e. The van der Waals surface area contributed by atoms with E-state index in [1.165, 1.54) is 0 Å². The molecule has 1 aliphatic carbocycles. The summed E-state index contributed by atoms with van der Waals surface area (Å²) in [5, 5.41) is 10.2. The molecule has 26 heavy (non-hydrogen) atoms. The molecular formula is C18H16N6O2. The average Bonchev–Trinajstić information content (AvgIpc) is 3.01. The van der Waals surface area contributed by atoms with Crippen molar-refractivity contribution in [2.24, 2.45) is 0 Å². The third-order valence-corrected chi connectivity index (χ3v) is 4.51. The Morgan fingerprint density at radius 3 is 2.73 bits per heavy atom. The first-order valence-electron chi connectivity index (χ1n) is 8.51. The Kier molecular flexibility index (Phi) is 3.18. The van der Waals surface area contributed by atoms with Crippen molar-refractivity contribution >= 4 is 29.4 Å². The third kappa shape index (κ3) is 2.55. The van der Waals surface area contributed by atoms with Gasteiger partial charge in [0.25, 0.3) is 5.91 Å². The molecule has 8 heteroatoms. The van der Waals surface area contributed by atoms with Gasteiger partial charge in [0.1, 0.15) is 11.6 Å². The quantitative estimate of drug-likeness (QED) is 0.551. The van der Waals surface area contributed by atoms with Gasteiger partial charge in [-0.25, -0.2) is 4.98 Å². The minimum atomic E-state index is -0.354. The van der Waals surface area contributed by atoms with E-state index in [0.29, 0.717) is 22.8 Å². The number of anilines is 1. The lowest BCUT2D eigenvalue weighted by Gasteiger charge is -2.10. The van der Waals surface area contributed by atoms with E-state index in [2.05, 4.69) is 15.7 Å². The number of nitrogens with zero attached hydrogens (tertiary/aromatic N) is 4. The molecule has 0 radical (unpaired) electrons. The van der Waals surface area contributed by atoms with Crippen LogP contribution in [0.2, 0.25) is 0 Å². The number of imide groups is 1. The number of nitrogens with one attached hydrogen (secondary N) is 2. The molecule has 2 N–H and O–H groups in total. The van der Waals surface area contributed by atoms with Crippen LogP contribution in [0.4, 0.5) is 5.82 Å². The van der Waals surface area contributed by atoms with Crippen molar-refractivity contribution < 1.29 is 9.59 Å². The second-order valence-electron chi connectivity index (χ2n) is 6.57. The van der Waals surface area contributed by atoms with E-state index in [4.69, 9.17) is 4.98 Å². The van der Waals surface area contributed by atoms with Crippen molar-refractivity contribution in [3.63, 3.8) is 0 Å². The highest BCUT2D eigenvalue weighted by Crippen LogP contribution is 2.27. The van der Waals surface area contributed by atoms with Gasteiger partial charge in [-0.2, -0.15) is 9.61 Å². The Hall–Kier alpha value is -3.42. The monoisotopic (exact) mass is 348 g/mol. The molecule has 1 saturated carbocycles. The maximum Gasteiger partial charge on any atom is 0.254 e. The largest absolute Gasteiger partial charge is 0.367 e. The van der Waals surface area contributed by atoms with Crippen LogP contribution in [-0.4, -0.2) is 37.0 Å². The fourth-order valence-electron chi connectivity index (χ4n) is 3.04. The fraction of sp³-hybridized carbons (Fsp3) is 0.222. The molecule has 3 aromatic rings. The molecule has 1 aliphatic heterocycles. The molecule has 0 aromatic carbocycles. The minimum Gasteiger partial charge on any atom is -0.367 e. The number of carbonyl (C=O) groups excluding carboxylic acids is 2. The molecule has 4 heterocycles. The van der Waals surface area contributed by atoms with E-state index >= 15 is 0 Å². The molecule has 8 nitrogen and oxygen atoms in total. The van der Waals surface area contributed by atoms with E-state index < -0.39 is 0 Å². The van der Waals surface area contributed by atoms with Crippen LogP contribution in [0.25, 0.3) is 17.5 Å². The van der Waals surface area contributed by atoms with Crippen molar-refractivity contribution in [3.05, 3.63) is 47.9 Å². The van der Waals surface area contributed by atoms with Crippen molar-refractivity contribution in [3.8, 4) is 5.82 Å². The van der Waals surface area contributed by atoms with Crippen LogP contribution in [0.3, 0.4) is 0 Å². The number of fused-ring (bicyclic) bond motifs is 1. The standard InChI is InChI=1S/C18H16N6O2/c25-16-8-11(18(26)22-16)7-12-10-19-24-15(20-13-3-4-13)9-14(21-17(12)24)23-5-1-2-6-23/h1-2,5-7,9-10,13,20H,3-4,8H2,(H,22,25,26)/b11-7+. The summed E-state index contributed by atoms with van der Waals surface area (Å²) in [6.07, 6.45) is 9.58. The number of amides is 2. The maximum absolute atomic E-state index is 11.9. The van der Waals surface area contributed by atoms with Gasteiger partial charge in [-0.3, -0.25) is 14.9 Å². The zero-order valence-corrected chi connectivity index (χ0v) is 13.8. The van der Waals surface area contributed by atoms with Crippen molar-refractivity contribution in [1.29, 1.82) is 0 Å². The van der Waals surface area contributed by atoms with Gasteiger partial charge in [0.05, 0.1) is 12.6 Å². The Bertz CT molecular complexity index is 1060. The van der Waals surface area contributed by atoms with Crippen LogP contribution in [0.1, 0.15) is 24.8 Å². The summed E-state index contributed by atoms with van der Waals surface area (Å²) in [4.78, 5) is 28.0. The molecule has 2 aliphatic rings. The first-order chi connectivity index (χ1) is 12.7. The molecule has 0 spiro atoms. The van der Waals surface area contributed by atoms with E-state index in [9.17, 15) is 9.59 Å². The zero-order valence-electron chi connectivity index (χ0n) is 13.8. The molecular weight excluding hydrogens is 332 g/mol. The minimum absolute atomic E-state index is 0.0840. The van der Waals surface area contributed by atoms with Gasteiger partial charge in [0.15, 0.2) is 5.65 Å². The highest BCUT2D eigenvalue weighted by molar-refractivity contribution is 6.15. The first kappa shape index (κ1) is 14.9. The van der Waals surface area contributed by atoms with Crippen molar-refractivity contribution in [2.45, 2.75) is 25.3 Å². The highest BCUT2D eigenvalue weighted by Gasteiger charge is 2.25. The number of aromatic nitrogens is 4. The predicted molar refractivity (Wildman–Crippen MR) is 94.7 cm³/mol. The van der Waals surface area contributed by atoms with Crippen LogP contribution in [0, 0.1) is 0 Å². The summed E-state index contributed by atoms with van der Waals surface area (Å²) >= 11 is 0. The molecule has 0 unspecified atom stereocenters. The van der Waals surface area contributed by atoms with Crippen LogP contribution in [0.5, 0.6) is 0 Å². The van der Waals surface area contributed by atoms with Crippen molar-refractivity contribution in [1.82, 2.24) is 24.5 Å². The molecule has 130 valence electrons. The second kappa shape index (κ2) is 5.55. The topological polar surface area (TPSA) is 93.3 Å². The van der Waals surface area contributed by atoms with E-state index in [1.807, 2.05) is 35.2 Å². The Morgan fingerprint density at radius 1 is 1.23 bits per heavy atom.